The van der Waals surface area contributed by atoms with Gasteiger partial charge in [-0.3, -0.25) is 9.59 Å². The molecule has 1 saturated carbocycles. The molecule has 2 rings (SSSR count). The Bertz CT molecular complexity index is 515. The molecule has 1 amide bonds. The molecule has 114 valence electrons. The molecule has 0 aliphatic heterocycles. The number of rotatable bonds is 6. The molecule has 1 aliphatic rings. The fraction of sp³-hybridized carbons (Fsp3) is 0.500. The molecule has 0 spiro atoms. The van der Waals surface area contributed by atoms with E-state index in [-0.39, 0.29) is 24.3 Å². The maximum Gasteiger partial charge on any atom is 0.306 e. The summed E-state index contributed by atoms with van der Waals surface area (Å²) in [5, 5.41) is 11.8. The number of aliphatic carboxylic acids is 1. The predicted octanol–water partition coefficient (Wildman–Crippen LogP) is 2.13. The van der Waals surface area contributed by atoms with E-state index >= 15 is 0 Å². The lowest BCUT2D eigenvalue weighted by Crippen LogP contribution is -2.34. The smallest absolute Gasteiger partial charge is 0.306 e. The molecule has 5 nitrogen and oxygen atoms in total. The van der Waals surface area contributed by atoms with Gasteiger partial charge in [0, 0.05) is 6.04 Å². The maximum absolute atomic E-state index is 11.8. The Kier molecular flexibility index (Phi) is 5.20. The second-order valence-electron chi connectivity index (χ2n) is 5.53. The monoisotopic (exact) mass is 291 g/mol. The molecule has 0 saturated heterocycles. The number of carboxylic acid groups (broad SMARTS) is 1. The molecule has 0 radical (unpaired) electrons. The summed E-state index contributed by atoms with van der Waals surface area (Å²) in [5.41, 5.74) is 1.11. The van der Waals surface area contributed by atoms with E-state index in [0.29, 0.717) is 19.4 Å². The summed E-state index contributed by atoms with van der Waals surface area (Å²) in [6.45, 7) is 2.31. The van der Waals surface area contributed by atoms with E-state index in [4.69, 9.17) is 9.84 Å². The number of carboxylic acids is 1. The van der Waals surface area contributed by atoms with Crippen LogP contribution in [0.2, 0.25) is 0 Å². The Morgan fingerprint density at radius 2 is 2.19 bits per heavy atom. The zero-order valence-electron chi connectivity index (χ0n) is 12.2. The van der Waals surface area contributed by atoms with Gasteiger partial charge in [-0.05, 0) is 43.9 Å². The highest BCUT2D eigenvalue weighted by Crippen LogP contribution is 2.25. The zero-order valence-corrected chi connectivity index (χ0v) is 12.2. The Morgan fingerprint density at radius 3 is 2.86 bits per heavy atom. The second-order valence-corrected chi connectivity index (χ2v) is 5.53. The minimum atomic E-state index is -0.769. The second kappa shape index (κ2) is 7.11. The minimum Gasteiger partial charge on any atom is -0.493 e. The van der Waals surface area contributed by atoms with E-state index < -0.39 is 5.97 Å². The summed E-state index contributed by atoms with van der Waals surface area (Å²) < 4.78 is 5.53. The molecular weight excluding hydrogens is 270 g/mol. The number of carbonyl (C=O) groups excluding carboxylic acids is 1. The quantitative estimate of drug-likeness (QED) is 0.842. The van der Waals surface area contributed by atoms with Crippen LogP contribution >= 0.6 is 0 Å². The highest BCUT2D eigenvalue weighted by atomic mass is 16.5. The lowest BCUT2D eigenvalue weighted by molar-refractivity contribution is -0.141. The molecule has 0 bridgehead atoms. The highest BCUT2D eigenvalue weighted by Gasteiger charge is 2.30. The van der Waals surface area contributed by atoms with Gasteiger partial charge in [0.05, 0.1) is 18.9 Å². The molecule has 0 unspecified atom stereocenters. The average Bonchev–Trinajstić information content (AvgIpc) is 2.87. The van der Waals surface area contributed by atoms with Crippen LogP contribution in [0.4, 0.5) is 0 Å². The van der Waals surface area contributed by atoms with E-state index in [0.717, 1.165) is 17.7 Å². The molecule has 2 N–H and O–H groups in total. The number of hydrogen-bond acceptors (Lipinski definition) is 3. The van der Waals surface area contributed by atoms with Gasteiger partial charge in [0.15, 0.2) is 0 Å². The number of benzene rings is 1. The van der Waals surface area contributed by atoms with Gasteiger partial charge < -0.3 is 15.2 Å². The van der Waals surface area contributed by atoms with Gasteiger partial charge in [0.1, 0.15) is 5.75 Å². The largest absolute Gasteiger partial charge is 0.493 e. The number of carbonyl (C=O) groups is 2. The Labute approximate surface area is 124 Å². The highest BCUT2D eigenvalue weighted by molar-refractivity contribution is 5.77. The van der Waals surface area contributed by atoms with Crippen LogP contribution in [0, 0.1) is 12.8 Å². The fourth-order valence-corrected chi connectivity index (χ4v) is 2.60. The average molecular weight is 291 g/mol. The van der Waals surface area contributed by atoms with Crippen molar-refractivity contribution in [3.05, 3.63) is 29.8 Å². The Hall–Kier alpha value is -2.04. The predicted molar refractivity (Wildman–Crippen MR) is 78.2 cm³/mol. The topological polar surface area (TPSA) is 75.6 Å². The first-order valence-electron chi connectivity index (χ1n) is 7.26. The van der Waals surface area contributed by atoms with E-state index in [1.807, 2.05) is 31.2 Å². The molecule has 0 aromatic heterocycles. The first-order valence-corrected chi connectivity index (χ1v) is 7.26. The van der Waals surface area contributed by atoms with Crippen molar-refractivity contribution in [2.24, 2.45) is 5.92 Å². The summed E-state index contributed by atoms with van der Waals surface area (Å²) in [6, 6.07) is 7.66. The van der Waals surface area contributed by atoms with Crippen molar-refractivity contribution in [2.45, 2.75) is 38.6 Å². The first kappa shape index (κ1) is 15.4. The van der Waals surface area contributed by atoms with E-state index in [1.54, 1.807) is 0 Å². The first-order chi connectivity index (χ1) is 10.0. The van der Waals surface area contributed by atoms with Crippen LogP contribution in [-0.2, 0) is 9.59 Å². The normalized spacial score (nSPS) is 21.0. The van der Waals surface area contributed by atoms with Gasteiger partial charge in [0.25, 0.3) is 0 Å². The lowest BCUT2D eigenvalue weighted by Gasteiger charge is -2.13. The molecule has 1 aromatic carbocycles. The van der Waals surface area contributed by atoms with Gasteiger partial charge in [-0.25, -0.2) is 0 Å². The fourth-order valence-electron chi connectivity index (χ4n) is 2.60. The molecule has 5 heteroatoms. The summed E-state index contributed by atoms with van der Waals surface area (Å²) >= 11 is 0. The summed E-state index contributed by atoms with van der Waals surface area (Å²) in [5.74, 6) is -0.415. The van der Waals surface area contributed by atoms with Crippen molar-refractivity contribution in [1.29, 1.82) is 0 Å². The zero-order chi connectivity index (χ0) is 15.2. The third-order valence-corrected chi connectivity index (χ3v) is 3.73. The van der Waals surface area contributed by atoms with E-state index in [1.165, 1.54) is 0 Å². The van der Waals surface area contributed by atoms with Crippen molar-refractivity contribution in [1.82, 2.24) is 5.32 Å². The molecule has 21 heavy (non-hydrogen) atoms. The Morgan fingerprint density at radius 1 is 1.38 bits per heavy atom. The molecule has 0 heterocycles. The number of hydrogen-bond donors (Lipinski definition) is 2. The van der Waals surface area contributed by atoms with Crippen molar-refractivity contribution in [3.63, 3.8) is 0 Å². The van der Waals surface area contributed by atoms with E-state index in [9.17, 15) is 9.59 Å². The molecule has 1 fully saturated rings. The van der Waals surface area contributed by atoms with Gasteiger partial charge >= 0.3 is 5.97 Å². The van der Waals surface area contributed by atoms with Crippen molar-refractivity contribution in [2.75, 3.05) is 6.61 Å². The van der Waals surface area contributed by atoms with Crippen LogP contribution in [0.5, 0.6) is 5.75 Å². The third kappa shape index (κ3) is 4.77. The SMILES string of the molecule is Cc1cccc(OCCC(=O)N[C@H]2CC[C@@H](C(=O)O)C2)c1. The van der Waals surface area contributed by atoms with Crippen LogP contribution in [0.1, 0.15) is 31.2 Å². The number of aryl methyl sites for hydroxylation is 1. The molecular formula is C16H21NO4. The van der Waals surface area contributed by atoms with E-state index in [2.05, 4.69) is 5.32 Å². The summed E-state index contributed by atoms with van der Waals surface area (Å²) in [6.07, 6.45) is 2.18. The van der Waals surface area contributed by atoms with Crippen LogP contribution in [-0.4, -0.2) is 29.6 Å². The van der Waals surface area contributed by atoms with Crippen LogP contribution in [0.3, 0.4) is 0 Å². The van der Waals surface area contributed by atoms with Crippen molar-refractivity contribution < 1.29 is 19.4 Å². The van der Waals surface area contributed by atoms with Crippen LogP contribution in [0.25, 0.3) is 0 Å². The maximum atomic E-state index is 11.8. The van der Waals surface area contributed by atoms with Gasteiger partial charge in [-0.15, -0.1) is 0 Å². The van der Waals surface area contributed by atoms with Gasteiger partial charge in [0.2, 0.25) is 5.91 Å². The molecule has 1 aromatic rings. The third-order valence-electron chi connectivity index (χ3n) is 3.73. The Balaban J connectivity index is 1.67. The van der Waals surface area contributed by atoms with Crippen molar-refractivity contribution in [3.8, 4) is 5.75 Å². The summed E-state index contributed by atoms with van der Waals surface area (Å²) in [7, 11) is 0. The van der Waals surface area contributed by atoms with Gasteiger partial charge in [-0.2, -0.15) is 0 Å². The number of ether oxygens (including phenoxy) is 1. The molecule has 2 atom stereocenters. The number of nitrogens with one attached hydrogen (secondary N) is 1. The molecule has 1 aliphatic carbocycles. The van der Waals surface area contributed by atoms with Gasteiger partial charge in [-0.1, -0.05) is 12.1 Å². The van der Waals surface area contributed by atoms with Crippen LogP contribution in [0.15, 0.2) is 24.3 Å². The summed E-state index contributed by atoms with van der Waals surface area (Å²) in [4.78, 5) is 22.7. The lowest BCUT2D eigenvalue weighted by atomic mass is 10.1. The standard InChI is InChI=1S/C16H21NO4/c1-11-3-2-4-14(9-11)21-8-7-15(18)17-13-6-5-12(10-13)16(19)20/h2-4,9,12-13H,5-8,10H2,1H3,(H,17,18)(H,19,20)/t12-,13+/m1/s1. The van der Waals surface area contributed by atoms with Crippen LogP contribution < -0.4 is 10.1 Å². The minimum absolute atomic E-state index is 0.0161. The number of amides is 1. The van der Waals surface area contributed by atoms with Crippen molar-refractivity contribution >= 4 is 11.9 Å².